The van der Waals surface area contributed by atoms with Crippen LogP contribution in [0.1, 0.15) is 54.3 Å². The fraction of sp³-hybridized carbons (Fsp3) is 0.421. The number of nitrogens with one attached hydrogen (secondary N) is 1. The standard InChI is InChI=1S/C19H21N3O4/c1-12-16(15(11-20)18(25-12)22-9-5-6-10-22)19(24)26-13(2)17(23)21-14-7-3-4-8-14/h5-6,9-10,13-14H,3-4,7-8H2,1-2H3,(H,21,23)/t13-/m1/s1. The van der Waals surface area contributed by atoms with Crippen molar-refractivity contribution in [2.75, 3.05) is 0 Å². The van der Waals surface area contributed by atoms with Crippen molar-refractivity contribution in [1.82, 2.24) is 9.88 Å². The second kappa shape index (κ2) is 7.48. The lowest BCUT2D eigenvalue weighted by Gasteiger charge is -2.17. The van der Waals surface area contributed by atoms with Crippen molar-refractivity contribution in [1.29, 1.82) is 5.26 Å². The zero-order chi connectivity index (χ0) is 18.7. The highest BCUT2D eigenvalue weighted by molar-refractivity contribution is 5.96. The largest absolute Gasteiger partial charge is 0.449 e. The van der Waals surface area contributed by atoms with Gasteiger partial charge in [-0.3, -0.25) is 9.36 Å². The normalized spacial score (nSPS) is 15.4. The number of furan rings is 1. The average molecular weight is 355 g/mol. The summed E-state index contributed by atoms with van der Waals surface area (Å²) in [6.07, 6.45) is 6.58. The van der Waals surface area contributed by atoms with Gasteiger partial charge in [0, 0.05) is 18.4 Å². The molecule has 136 valence electrons. The molecule has 2 aromatic heterocycles. The lowest BCUT2D eigenvalue weighted by Crippen LogP contribution is -2.40. The van der Waals surface area contributed by atoms with Crippen molar-refractivity contribution >= 4 is 11.9 Å². The third kappa shape index (κ3) is 3.49. The Morgan fingerprint density at radius 1 is 1.35 bits per heavy atom. The molecule has 1 N–H and O–H groups in total. The van der Waals surface area contributed by atoms with Gasteiger partial charge < -0.3 is 14.5 Å². The van der Waals surface area contributed by atoms with Crippen LogP contribution in [0.4, 0.5) is 0 Å². The molecule has 0 unspecified atom stereocenters. The molecule has 0 aliphatic heterocycles. The molecule has 0 spiro atoms. The Morgan fingerprint density at radius 2 is 2.00 bits per heavy atom. The SMILES string of the molecule is Cc1oc(-n2cccc2)c(C#N)c1C(=O)O[C@H](C)C(=O)NC1CCCC1. The summed E-state index contributed by atoms with van der Waals surface area (Å²) >= 11 is 0. The van der Waals surface area contributed by atoms with Crippen LogP contribution in [0.5, 0.6) is 0 Å². The number of aromatic nitrogens is 1. The van der Waals surface area contributed by atoms with E-state index in [9.17, 15) is 14.9 Å². The van der Waals surface area contributed by atoms with E-state index in [-0.39, 0.29) is 34.7 Å². The number of hydrogen-bond acceptors (Lipinski definition) is 5. The Hall–Kier alpha value is -3.01. The highest BCUT2D eigenvalue weighted by Crippen LogP contribution is 2.26. The minimum Gasteiger partial charge on any atom is -0.449 e. The molecule has 1 fully saturated rings. The van der Waals surface area contributed by atoms with Gasteiger partial charge in [0.15, 0.2) is 6.10 Å². The number of carbonyl (C=O) groups excluding carboxylic acids is 2. The van der Waals surface area contributed by atoms with Gasteiger partial charge in [0.05, 0.1) is 0 Å². The second-order valence-corrected chi connectivity index (χ2v) is 6.45. The summed E-state index contributed by atoms with van der Waals surface area (Å²) in [7, 11) is 0. The van der Waals surface area contributed by atoms with Crippen molar-refractivity contribution < 1.29 is 18.7 Å². The molecule has 1 aliphatic carbocycles. The molecule has 0 radical (unpaired) electrons. The van der Waals surface area contributed by atoms with Crippen molar-refractivity contribution in [3.8, 4) is 12.0 Å². The van der Waals surface area contributed by atoms with Crippen LogP contribution >= 0.6 is 0 Å². The fourth-order valence-electron chi connectivity index (χ4n) is 3.19. The van der Waals surface area contributed by atoms with Crippen LogP contribution in [0.25, 0.3) is 5.88 Å². The Morgan fingerprint density at radius 3 is 2.62 bits per heavy atom. The van der Waals surface area contributed by atoms with Crippen molar-refractivity contribution in [2.24, 2.45) is 0 Å². The number of rotatable bonds is 5. The summed E-state index contributed by atoms with van der Waals surface area (Å²) in [5, 5.41) is 12.4. The summed E-state index contributed by atoms with van der Waals surface area (Å²) < 4.78 is 12.5. The zero-order valence-electron chi connectivity index (χ0n) is 14.8. The molecule has 0 saturated heterocycles. The lowest BCUT2D eigenvalue weighted by atomic mass is 10.1. The summed E-state index contributed by atoms with van der Waals surface area (Å²) in [6, 6.07) is 5.72. The number of amides is 1. The van der Waals surface area contributed by atoms with Crippen LogP contribution in [-0.2, 0) is 9.53 Å². The number of esters is 1. The molecule has 26 heavy (non-hydrogen) atoms. The quantitative estimate of drug-likeness (QED) is 0.832. The number of hydrogen-bond donors (Lipinski definition) is 1. The number of carbonyl (C=O) groups is 2. The molecule has 1 atom stereocenters. The minimum absolute atomic E-state index is 0.0525. The van der Waals surface area contributed by atoms with E-state index in [2.05, 4.69) is 5.32 Å². The van der Waals surface area contributed by atoms with Crippen LogP contribution in [0, 0.1) is 18.3 Å². The maximum atomic E-state index is 12.6. The Balaban J connectivity index is 1.75. The predicted octanol–water partition coefficient (Wildman–Crippen LogP) is 2.85. The van der Waals surface area contributed by atoms with Gasteiger partial charge in [0.25, 0.3) is 5.91 Å². The van der Waals surface area contributed by atoms with Crippen molar-refractivity contribution in [2.45, 2.75) is 51.7 Å². The molecule has 1 aliphatic rings. The van der Waals surface area contributed by atoms with Crippen molar-refractivity contribution in [3.63, 3.8) is 0 Å². The van der Waals surface area contributed by atoms with Gasteiger partial charge >= 0.3 is 5.97 Å². The predicted molar refractivity (Wildman–Crippen MR) is 92.8 cm³/mol. The zero-order valence-corrected chi connectivity index (χ0v) is 14.8. The molecule has 7 nitrogen and oxygen atoms in total. The molecular weight excluding hydrogens is 334 g/mol. The van der Waals surface area contributed by atoms with E-state index in [4.69, 9.17) is 9.15 Å². The van der Waals surface area contributed by atoms with Gasteiger partial charge in [-0.05, 0) is 38.8 Å². The van der Waals surface area contributed by atoms with E-state index in [0.717, 1.165) is 25.7 Å². The maximum Gasteiger partial charge on any atom is 0.343 e. The van der Waals surface area contributed by atoms with E-state index >= 15 is 0 Å². The van der Waals surface area contributed by atoms with Gasteiger partial charge in [0.2, 0.25) is 5.88 Å². The van der Waals surface area contributed by atoms with Crippen molar-refractivity contribution in [3.05, 3.63) is 41.4 Å². The Bertz CT molecular complexity index is 839. The Kier molecular flexibility index (Phi) is 5.12. The van der Waals surface area contributed by atoms with E-state index in [1.807, 2.05) is 6.07 Å². The smallest absolute Gasteiger partial charge is 0.343 e. The molecular formula is C19H21N3O4. The first kappa shape index (κ1) is 17.8. The van der Waals surface area contributed by atoms with Crippen LogP contribution in [-0.4, -0.2) is 28.6 Å². The molecule has 1 saturated carbocycles. The Labute approximate surface area is 151 Å². The third-order valence-corrected chi connectivity index (χ3v) is 4.58. The van der Waals surface area contributed by atoms with Crippen LogP contribution in [0.15, 0.2) is 28.9 Å². The third-order valence-electron chi connectivity index (χ3n) is 4.58. The first-order chi connectivity index (χ1) is 12.5. The highest BCUT2D eigenvalue weighted by Gasteiger charge is 2.29. The second-order valence-electron chi connectivity index (χ2n) is 6.45. The molecule has 2 aromatic rings. The molecule has 0 aromatic carbocycles. The molecule has 0 bridgehead atoms. The number of nitrogens with zero attached hydrogens (tertiary/aromatic N) is 2. The van der Waals surface area contributed by atoms with Crippen LogP contribution < -0.4 is 5.32 Å². The number of nitriles is 1. The first-order valence-corrected chi connectivity index (χ1v) is 8.69. The average Bonchev–Trinajstić information content (AvgIpc) is 3.34. The summed E-state index contributed by atoms with van der Waals surface area (Å²) in [5.74, 6) is -0.533. The van der Waals surface area contributed by atoms with E-state index in [0.29, 0.717) is 0 Å². The van der Waals surface area contributed by atoms with Crippen LogP contribution in [0.3, 0.4) is 0 Å². The van der Waals surface area contributed by atoms with Gasteiger partial charge in [-0.15, -0.1) is 0 Å². The molecule has 1 amide bonds. The van der Waals surface area contributed by atoms with Gasteiger partial charge in [-0.1, -0.05) is 12.8 Å². The van der Waals surface area contributed by atoms with Crippen LogP contribution in [0.2, 0.25) is 0 Å². The maximum absolute atomic E-state index is 12.6. The number of ether oxygens (including phenoxy) is 1. The lowest BCUT2D eigenvalue weighted by molar-refractivity contribution is -0.129. The molecule has 2 heterocycles. The van der Waals surface area contributed by atoms with Gasteiger partial charge in [-0.2, -0.15) is 5.26 Å². The fourth-order valence-corrected chi connectivity index (χ4v) is 3.19. The number of aryl methyl sites for hydroxylation is 1. The molecule has 7 heteroatoms. The monoisotopic (exact) mass is 355 g/mol. The topological polar surface area (TPSA) is 97.3 Å². The van der Waals surface area contributed by atoms with E-state index < -0.39 is 12.1 Å². The first-order valence-electron chi connectivity index (χ1n) is 8.69. The van der Waals surface area contributed by atoms with E-state index in [1.165, 1.54) is 6.92 Å². The van der Waals surface area contributed by atoms with Gasteiger partial charge in [0.1, 0.15) is 23.0 Å². The highest BCUT2D eigenvalue weighted by atomic mass is 16.5. The van der Waals surface area contributed by atoms with E-state index in [1.54, 1.807) is 36.0 Å². The summed E-state index contributed by atoms with van der Waals surface area (Å²) in [4.78, 5) is 24.8. The minimum atomic E-state index is -0.945. The molecule has 3 rings (SSSR count). The van der Waals surface area contributed by atoms with Gasteiger partial charge in [-0.25, -0.2) is 4.79 Å². The summed E-state index contributed by atoms with van der Waals surface area (Å²) in [5.41, 5.74) is 0.142. The summed E-state index contributed by atoms with van der Waals surface area (Å²) in [6.45, 7) is 3.12.